The number of carboxylic acids is 1. The minimum atomic E-state index is -1.37. The fraction of sp³-hybridized carbons (Fsp3) is 0.357. The standard InChI is InChI=1S/C42H48BN3O7.Ni/c1-41(2)42(3,4)53-43(52-41)34-23-22-32(51-28-50-5)25-31(34)26-36(40(48)49)44-38(30-17-10-7-11-18-30)33-19-12-13-20-35(33)45-39(47)37-21-14-24-46(37)27-29-15-8-6-9-16-29;/h6-13,15-20,22-23,25,36-37H,14,21,24,26-28H2,1-5H3,(H2,44,45,47,48,49);/q;+3/p-2/t36-,37-;/m0./s1. The summed E-state index contributed by atoms with van der Waals surface area (Å²) >= 11 is 0. The van der Waals surface area contributed by atoms with Gasteiger partial charge in [-0.1, -0.05) is 91.0 Å². The number of likely N-dealkylation sites (tertiary alicyclic amines) is 1. The number of nitrogens with zero attached hydrogens (tertiary/aromatic N) is 3. The summed E-state index contributed by atoms with van der Waals surface area (Å²) < 4.78 is 23.6. The van der Waals surface area contributed by atoms with Crippen LogP contribution in [0.3, 0.4) is 0 Å². The Morgan fingerprint density at radius 3 is 2.26 bits per heavy atom. The maximum absolute atomic E-state index is 13.9. The van der Waals surface area contributed by atoms with Gasteiger partial charge in [-0.15, -0.1) is 5.69 Å². The molecule has 2 fully saturated rings. The van der Waals surface area contributed by atoms with E-state index in [1.807, 2.05) is 100 Å². The van der Waals surface area contributed by atoms with Crippen molar-refractivity contribution in [3.8, 4) is 5.75 Å². The number of ether oxygens (including phenoxy) is 2. The largest absolute Gasteiger partial charge is 3.00 e. The van der Waals surface area contributed by atoms with Crippen LogP contribution in [0.5, 0.6) is 5.75 Å². The molecule has 0 spiro atoms. The zero-order valence-corrected chi connectivity index (χ0v) is 32.3. The number of carbonyl (C=O) groups is 2. The zero-order chi connectivity index (χ0) is 37.6. The van der Waals surface area contributed by atoms with Crippen LogP contribution in [0.25, 0.3) is 5.32 Å². The molecule has 2 saturated heterocycles. The smallest absolute Gasteiger partial charge is 0.625 e. The van der Waals surface area contributed by atoms with Crippen LogP contribution in [-0.2, 0) is 53.1 Å². The number of aliphatic carboxylic acids is 1. The van der Waals surface area contributed by atoms with E-state index < -0.39 is 30.3 Å². The van der Waals surface area contributed by atoms with Crippen molar-refractivity contribution in [3.63, 3.8) is 0 Å². The molecule has 54 heavy (non-hydrogen) atoms. The summed E-state index contributed by atoms with van der Waals surface area (Å²) in [5.41, 5.74) is 3.17. The molecule has 6 rings (SSSR count). The summed E-state index contributed by atoms with van der Waals surface area (Å²) in [6.07, 6.45) is 1.55. The molecule has 1 radical (unpaired) electrons. The molecule has 0 aromatic heterocycles. The van der Waals surface area contributed by atoms with Crippen molar-refractivity contribution < 1.29 is 50.0 Å². The molecule has 2 heterocycles. The van der Waals surface area contributed by atoms with Crippen LogP contribution in [0.2, 0.25) is 0 Å². The number of rotatable bonds is 14. The normalized spacial score (nSPS) is 18.5. The minimum Gasteiger partial charge on any atom is -0.625 e. The van der Waals surface area contributed by atoms with Crippen molar-refractivity contribution >= 4 is 35.9 Å². The van der Waals surface area contributed by atoms with Gasteiger partial charge in [-0.05, 0) is 87.8 Å². The van der Waals surface area contributed by atoms with E-state index in [9.17, 15) is 14.7 Å². The first kappa shape index (κ1) is 40.9. The Morgan fingerprint density at radius 1 is 0.944 bits per heavy atom. The van der Waals surface area contributed by atoms with Gasteiger partial charge < -0.3 is 38.8 Å². The van der Waals surface area contributed by atoms with E-state index in [1.165, 1.54) is 7.11 Å². The molecule has 0 aliphatic carbocycles. The van der Waals surface area contributed by atoms with Crippen LogP contribution in [0.4, 0.5) is 5.69 Å². The Morgan fingerprint density at radius 2 is 1.59 bits per heavy atom. The van der Waals surface area contributed by atoms with Crippen LogP contribution in [0, 0.1) is 0 Å². The Kier molecular flexibility index (Phi) is 13.5. The van der Waals surface area contributed by atoms with Crippen molar-refractivity contribution in [2.75, 3.05) is 20.4 Å². The zero-order valence-electron chi connectivity index (χ0n) is 31.3. The predicted octanol–water partition coefficient (Wildman–Crippen LogP) is 5.36. The number of hydrogen-bond donors (Lipinski definition) is 0. The molecule has 2 aliphatic rings. The SMILES string of the molecule is COCOc1ccc(B2OC(C)(C)C(C)(C)O2)c(C[C@H](N=C(c2ccccc2)c2ccccc2[N-]C(=O)[C@@H]2CCCN2Cc2ccccc2)C(=O)[O-])c1.[Ni+3]. The Bertz CT molecular complexity index is 1910. The van der Waals surface area contributed by atoms with Gasteiger partial charge in [0.2, 0.25) is 0 Å². The molecule has 1 amide bonds. The molecule has 10 nitrogen and oxygen atoms in total. The Labute approximate surface area is 328 Å². The van der Waals surface area contributed by atoms with Gasteiger partial charge >= 0.3 is 23.6 Å². The maximum Gasteiger partial charge on any atom is 3.00 e. The molecule has 0 saturated carbocycles. The number of para-hydroxylation sites is 1. The summed E-state index contributed by atoms with van der Waals surface area (Å²) in [5.74, 6) is -1.12. The molecule has 0 unspecified atom stereocenters. The number of carbonyl (C=O) groups excluding carboxylic acids is 2. The monoisotopic (exact) mass is 773 g/mol. The Balaban J connectivity index is 0.00000561. The number of benzene rings is 4. The van der Waals surface area contributed by atoms with Gasteiger partial charge in [0.25, 0.3) is 0 Å². The summed E-state index contributed by atoms with van der Waals surface area (Å²) in [5, 5.41) is 17.7. The van der Waals surface area contributed by atoms with Crippen LogP contribution >= 0.6 is 0 Å². The average Bonchev–Trinajstić information content (AvgIpc) is 3.69. The summed E-state index contributed by atoms with van der Waals surface area (Å²) in [4.78, 5) is 33.9. The van der Waals surface area contributed by atoms with Crippen LogP contribution in [-0.4, -0.2) is 73.3 Å². The third kappa shape index (κ3) is 9.48. The van der Waals surface area contributed by atoms with Gasteiger partial charge in [-0.2, -0.15) is 0 Å². The predicted molar refractivity (Wildman–Crippen MR) is 204 cm³/mol. The number of carboxylic acid groups (broad SMARTS) is 1. The molecular weight excluding hydrogens is 728 g/mol. The first-order chi connectivity index (χ1) is 25.5. The van der Waals surface area contributed by atoms with Crippen LogP contribution in [0.15, 0.2) is 108 Å². The second-order valence-corrected chi connectivity index (χ2v) is 14.5. The van der Waals surface area contributed by atoms with Gasteiger partial charge in [-0.3, -0.25) is 9.89 Å². The molecule has 4 aromatic carbocycles. The summed E-state index contributed by atoms with van der Waals surface area (Å²) in [6.45, 7) is 9.32. The second-order valence-electron chi connectivity index (χ2n) is 14.5. The van der Waals surface area contributed by atoms with Crippen molar-refractivity contribution in [1.29, 1.82) is 0 Å². The quantitative estimate of drug-likeness (QED) is 0.0954. The molecule has 4 aromatic rings. The van der Waals surface area contributed by atoms with E-state index >= 15 is 0 Å². The van der Waals surface area contributed by atoms with Gasteiger partial charge in [0.15, 0.2) is 6.79 Å². The summed E-state index contributed by atoms with van der Waals surface area (Å²) in [6, 6.07) is 30.3. The first-order valence-electron chi connectivity index (χ1n) is 18.0. The van der Waals surface area contributed by atoms with Crippen molar-refractivity contribution in [2.24, 2.45) is 4.99 Å². The van der Waals surface area contributed by atoms with Gasteiger partial charge in [0.05, 0.1) is 40.9 Å². The molecule has 12 heteroatoms. The van der Waals surface area contributed by atoms with Gasteiger partial charge in [0.1, 0.15) is 5.75 Å². The number of hydrogen-bond acceptors (Lipinski definition) is 9. The van der Waals surface area contributed by atoms with Crippen molar-refractivity contribution in [3.05, 3.63) is 131 Å². The fourth-order valence-electron chi connectivity index (χ4n) is 6.69. The fourth-order valence-corrected chi connectivity index (χ4v) is 6.69. The number of aliphatic imine (C=N–C) groups is 1. The molecular formula is C42H46BN3NiO7+. The summed E-state index contributed by atoms with van der Waals surface area (Å²) in [7, 11) is 0.770. The topological polar surface area (TPSA) is 124 Å². The third-order valence-corrected chi connectivity index (χ3v) is 10.2. The van der Waals surface area contributed by atoms with E-state index in [4.69, 9.17) is 23.8 Å². The average molecular weight is 774 g/mol. The minimum absolute atomic E-state index is 0. The first-order valence-corrected chi connectivity index (χ1v) is 18.0. The third-order valence-electron chi connectivity index (χ3n) is 10.2. The maximum atomic E-state index is 13.9. The molecule has 0 N–H and O–H groups in total. The van der Waals surface area contributed by atoms with Gasteiger partial charge in [-0.25, -0.2) is 0 Å². The molecule has 2 atom stereocenters. The number of methoxy groups -OCH3 is 1. The van der Waals surface area contributed by atoms with Crippen LogP contribution < -0.4 is 15.3 Å². The Hall–Kier alpha value is -4.31. The molecule has 2 aliphatic heterocycles. The molecule has 0 bridgehead atoms. The van der Waals surface area contributed by atoms with Crippen molar-refractivity contribution in [1.82, 2.24) is 4.90 Å². The molecule has 283 valence electrons. The number of amides is 1. The van der Waals surface area contributed by atoms with E-state index in [-0.39, 0.29) is 41.7 Å². The van der Waals surface area contributed by atoms with E-state index in [1.54, 1.807) is 18.2 Å². The van der Waals surface area contributed by atoms with Gasteiger partial charge in [0, 0.05) is 19.2 Å². The van der Waals surface area contributed by atoms with Crippen LogP contribution in [0.1, 0.15) is 62.8 Å². The van der Waals surface area contributed by atoms with E-state index in [2.05, 4.69) is 22.3 Å². The van der Waals surface area contributed by atoms with Crippen molar-refractivity contribution in [2.45, 2.75) is 76.8 Å². The second kappa shape index (κ2) is 17.9. The van der Waals surface area contributed by atoms with E-state index in [0.29, 0.717) is 52.3 Å². The van der Waals surface area contributed by atoms with E-state index in [0.717, 1.165) is 18.5 Å².